The van der Waals surface area contributed by atoms with Crippen molar-refractivity contribution in [2.45, 2.75) is 0 Å². The van der Waals surface area contributed by atoms with Gasteiger partial charge in [0.05, 0.1) is 0 Å². The first-order valence-electron chi connectivity index (χ1n) is 13.5. The van der Waals surface area contributed by atoms with Crippen LogP contribution < -0.4 is 0 Å². The Balaban J connectivity index is 0.000000892. The average molecular weight is 613 g/mol. The van der Waals surface area contributed by atoms with Crippen LogP contribution in [-0.4, -0.2) is 53.2 Å². The van der Waals surface area contributed by atoms with Gasteiger partial charge in [-0.2, -0.15) is 0 Å². The summed E-state index contributed by atoms with van der Waals surface area (Å²) in [6.45, 7) is 0. The van der Waals surface area contributed by atoms with Crippen LogP contribution in [0.2, 0.25) is 0 Å². The smallest absolute Gasteiger partial charge is 0.324 e. The summed E-state index contributed by atoms with van der Waals surface area (Å²) in [5.74, 6) is 2.39. The predicted octanol–water partition coefficient (Wildman–Crippen LogP) is 7.60. The first kappa shape index (κ1) is 26.0. The van der Waals surface area contributed by atoms with Gasteiger partial charge in [-0.1, -0.05) is 97.1 Å². The normalized spacial score (nSPS) is 11.5. The molecule has 0 spiro atoms. The van der Waals surface area contributed by atoms with Crippen molar-refractivity contribution < 1.29 is 0 Å². The molecule has 0 fully saturated rings. The van der Waals surface area contributed by atoms with Gasteiger partial charge >= 0.3 is 13.4 Å². The van der Waals surface area contributed by atoms with E-state index in [4.69, 9.17) is 50.0 Å². The molecule has 0 amide bonds. The van der Waals surface area contributed by atoms with Gasteiger partial charge in [-0.25, -0.2) is 50.0 Å². The van der Waals surface area contributed by atoms with Gasteiger partial charge in [0.1, 0.15) is 22.6 Å². The van der Waals surface area contributed by atoms with Crippen molar-refractivity contribution in [1.82, 2.24) is 39.9 Å². The lowest BCUT2D eigenvalue weighted by Crippen LogP contribution is -1.82. The SMILES string of the molecule is [Cl][AlH][Cl].c1ccc2c(c1)-c1nc-2nc2[nH]c(nc3nc(nc4[nH]c(n1)c1ccccc41)-c1ccccc1-3)c1ccccc21. The highest BCUT2D eigenvalue weighted by Gasteiger charge is 2.21. The van der Waals surface area contributed by atoms with Crippen LogP contribution in [0.4, 0.5) is 0 Å². The Hall–Kier alpha value is -4.65. The second-order valence-corrected chi connectivity index (χ2v) is 12.5. The Labute approximate surface area is 259 Å². The van der Waals surface area contributed by atoms with Gasteiger partial charge in [0.15, 0.2) is 23.3 Å². The molecule has 3 aromatic heterocycles. The quantitative estimate of drug-likeness (QED) is 0.171. The molecular formula is C32H19AlCl2N8. The zero-order valence-electron chi connectivity index (χ0n) is 22.4. The van der Waals surface area contributed by atoms with Gasteiger partial charge in [-0.05, 0) is 0 Å². The minimum Gasteiger partial charge on any atom is -0.324 e. The fourth-order valence-electron chi connectivity index (χ4n) is 5.59. The summed E-state index contributed by atoms with van der Waals surface area (Å²) in [7, 11) is 9.81. The summed E-state index contributed by atoms with van der Waals surface area (Å²) in [5.41, 5.74) is 6.45. The standard InChI is InChI=1S/C32H18N8.Al.2ClH.H/c1-2-10-18-17(9-1)25-33-26(18)38-28-21-13-5-6-14-22(21)30(35-28)40-32-24-16-8-7-15-23(24)31(36-32)39-29-20-12-4-3-11-19(20)27(34-29)37-25;;;;/h1-16H,(H2,33,34,35,36,37,38,39,40);;2*1H;/q;+2;;;/p-2. The maximum Gasteiger partial charge on any atom is 0.499 e. The van der Waals surface area contributed by atoms with Crippen molar-refractivity contribution in [1.29, 1.82) is 0 Å². The molecule has 8 bridgehead atoms. The highest BCUT2D eigenvalue weighted by atomic mass is 35.7. The molecule has 0 saturated carbocycles. The van der Waals surface area contributed by atoms with Crippen molar-refractivity contribution in [2.24, 2.45) is 0 Å². The Morgan fingerprint density at radius 1 is 0.372 bits per heavy atom. The van der Waals surface area contributed by atoms with E-state index in [1.807, 2.05) is 97.1 Å². The van der Waals surface area contributed by atoms with E-state index in [-0.39, 0.29) is 0 Å². The third-order valence-electron chi connectivity index (χ3n) is 7.46. The lowest BCUT2D eigenvalue weighted by molar-refractivity contribution is 1.19. The molecule has 0 saturated heterocycles. The summed E-state index contributed by atoms with van der Waals surface area (Å²) in [4.78, 5) is 36.8. The number of fused-ring (bicyclic) bond motifs is 20. The van der Waals surface area contributed by atoms with Crippen molar-refractivity contribution in [3.63, 3.8) is 0 Å². The molecule has 0 atom stereocenters. The monoisotopic (exact) mass is 612 g/mol. The molecule has 2 aliphatic heterocycles. The zero-order valence-corrected chi connectivity index (χ0v) is 25.3. The van der Waals surface area contributed by atoms with Crippen molar-refractivity contribution in [3.05, 3.63) is 97.1 Å². The summed E-state index contributed by atoms with van der Waals surface area (Å²) in [6.07, 6.45) is 0. The number of benzene rings is 4. The van der Waals surface area contributed by atoms with Gasteiger partial charge in [-0.3, -0.25) is 0 Å². The molecule has 2 N–H and O–H groups in total. The summed E-state index contributed by atoms with van der Waals surface area (Å²) >= 11 is -0.639. The van der Waals surface area contributed by atoms with E-state index in [1.165, 1.54) is 0 Å². The molecule has 204 valence electrons. The molecule has 5 heterocycles. The van der Waals surface area contributed by atoms with Gasteiger partial charge in [0, 0.05) is 43.8 Å². The van der Waals surface area contributed by atoms with E-state index in [1.54, 1.807) is 0 Å². The number of nitrogens with one attached hydrogen (secondary N) is 2. The van der Waals surface area contributed by atoms with E-state index in [0.29, 0.717) is 45.9 Å². The van der Waals surface area contributed by atoms with Crippen molar-refractivity contribution in [2.75, 3.05) is 0 Å². The molecular weight excluding hydrogens is 594 g/mol. The third kappa shape index (κ3) is 4.37. The van der Waals surface area contributed by atoms with Crippen LogP contribution in [0, 0.1) is 0 Å². The molecule has 0 unspecified atom stereocenters. The molecule has 11 heteroatoms. The molecule has 2 aliphatic rings. The number of H-pyrrole nitrogens is 2. The van der Waals surface area contributed by atoms with E-state index < -0.39 is 13.4 Å². The first-order valence-corrected chi connectivity index (χ1v) is 17.8. The molecule has 43 heavy (non-hydrogen) atoms. The molecule has 0 radical (unpaired) electrons. The zero-order chi connectivity index (χ0) is 28.9. The Bertz CT molecular complexity index is 2060. The number of aromatic amines is 2. The minimum atomic E-state index is -0.639. The third-order valence-corrected chi connectivity index (χ3v) is 7.46. The second-order valence-electron chi connectivity index (χ2n) is 9.89. The maximum atomic E-state index is 5.02. The number of rotatable bonds is 0. The highest BCUT2D eigenvalue weighted by molar-refractivity contribution is 7.22. The lowest BCUT2D eigenvalue weighted by atomic mass is 10.1. The summed E-state index contributed by atoms with van der Waals surface area (Å²) in [6, 6.07) is 32.2. The molecule has 8 nitrogen and oxygen atoms in total. The average Bonchev–Trinajstić information content (AvgIpc) is 3.77. The van der Waals surface area contributed by atoms with Crippen LogP contribution >= 0.6 is 20.1 Å². The number of hydrogen-bond acceptors (Lipinski definition) is 6. The van der Waals surface area contributed by atoms with Crippen LogP contribution in [0.3, 0.4) is 0 Å². The van der Waals surface area contributed by atoms with Crippen molar-refractivity contribution in [3.8, 4) is 45.6 Å². The van der Waals surface area contributed by atoms with Crippen molar-refractivity contribution >= 4 is 77.6 Å². The van der Waals surface area contributed by atoms with Gasteiger partial charge in [0.25, 0.3) is 0 Å². The van der Waals surface area contributed by atoms with E-state index in [2.05, 4.69) is 9.97 Å². The van der Waals surface area contributed by atoms with Crippen LogP contribution in [0.1, 0.15) is 0 Å². The van der Waals surface area contributed by atoms with Crippen LogP contribution in [0.15, 0.2) is 97.1 Å². The van der Waals surface area contributed by atoms with E-state index >= 15 is 0 Å². The number of nitrogens with zero attached hydrogens (tertiary/aromatic N) is 6. The van der Waals surface area contributed by atoms with Crippen LogP contribution in [0.5, 0.6) is 0 Å². The topological polar surface area (TPSA) is 109 Å². The summed E-state index contributed by atoms with van der Waals surface area (Å²) < 4.78 is 0. The van der Waals surface area contributed by atoms with Crippen LogP contribution in [0.25, 0.3) is 89.7 Å². The Kier molecular flexibility index (Phi) is 6.39. The molecule has 7 aromatic rings. The number of hydrogen-bond donors (Lipinski definition) is 2. The fourth-order valence-corrected chi connectivity index (χ4v) is 5.59. The second kappa shape index (κ2) is 10.6. The van der Waals surface area contributed by atoms with Gasteiger partial charge in [-0.15, -0.1) is 0 Å². The Morgan fingerprint density at radius 2 is 0.605 bits per heavy atom. The lowest BCUT2D eigenvalue weighted by Gasteiger charge is -1.96. The fraction of sp³-hybridized carbons (Fsp3) is 0. The number of halogens is 2. The van der Waals surface area contributed by atoms with Gasteiger partial charge < -0.3 is 9.97 Å². The summed E-state index contributed by atoms with van der Waals surface area (Å²) in [5, 5.41) is 3.82. The molecule has 0 aliphatic carbocycles. The molecule has 9 rings (SSSR count). The van der Waals surface area contributed by atoms with Crippen LogP contribution in [-0.2, 0) is 0 Å². The molecule has 4 aromatic carbocycles. The van der Waals surface area contributed by atoms with E-state index in [0.717, 1.165) is 43.8 Å². The highest BCUT2D eigenvalue weighted by Crippen LogP contribution is 2.36. The first-order chi connectivity index (χ1) is 21.2. The largest absolute Gasteiger partial charge is 0.499 e. The maximum absolute atomic E-state index is 5.02. The van der Waals surface area contributed by atoms with E-state index in [9.17, 15) is 0 Å². The number of aromatic nitrogens is 8. The van der Waals surface area contributed by atoms with Gasteiger partial charge in [0.2, 0.25) is 0 Å². The minimum absolute atomic E-state index is 0.597. The predicted molar refractivity (Wildman–Crippen MR) is 175 cm³/mol. The Morgan fingerprint density at radius 3 is 0.860 bits per heavy atom.